The lowest BCUT2D eigenvalue weighted by Crippen LogP contribution is -2.19. The van der Waals surface area contributed by atoms with Crippen molar-refractivity contribution in [2.45, 2.75) is 40.3 Å². The highest BCUT2D eigenvalue weighted by Gasteiger charge is 2.15. The molecular formula is C15H20N2O. The molecule has 1 N–H and O–H groups in total. The van der Waals surface area contributed by atoms with Crippen LogP contribution in [0.2, 0.25) is 0 Å². The van der Waals surface area contributed by atoms with E-state index in [1.807, 2.05) is 13.8 Å². The molecule has 3 nitrogen and oxygen atoms in total. The van der Waals surface area contributed by atoms with Gasteiger partial charge in [-0.1, -0.05) is 35.0 Å². The summed E-state index contributed by atoms with van der Waals surface area (Å²) < 4.78 is 5.19. The highest BCUT2D eigenvalue weighted by molar-refractivity contribution is 5.25. The van der Waals surface area contributed by atoms with Crippen molar-refractivity contribution in [1.29, 1.82) is 0 Å². The van der Waals surface area contributed by atoms with E-state index in [0.717, 1.165) is 18.0 Å². The monoisotopic (exact) mass is 244 g/mol. The second kappa shape index (κ2) is 5.36. The molecule has 1 aromatic carbocycles. The van der Waals surface area contributed by atoms with Crippen molar-refractivity contribution in [3.8, 4) is 0 Å². The summed E-state index contributed by atoms with van der Waals surface area (Å²) in [4.78, 5) is 0. The molecule has 1 aromatic heterocycles. The summed E-state index contributed by atoms with van der Waals surface area (Å²) in [7, 11) is 0. The van der Waals surface area contributed by atoms with E-state index < -0.39 is 0 Å². The maximum Gasteiger partial charge on any atom is 0.138 e. The molecule has 0 aliphatic heterocycles. The Hall–Kier alpha value is -1.61. The van der Waals surface area contributed by atoms with Crippen LogP contribution >= 0.6 is 0 Å². The number of hydrogen-bond acceptors (Lipinski definition) is 3. The predicted molar refractivity (Wildman–Crippen MR) is 72.4 cm³/mol. The van der Waals surface area contributed by atoms with Crippen LogP contribution in [-0.2, 0) is 6.54 Å². The third-order valence-electron chi connectivity index (χ3n) is 3.25. The van der Waals surface area contributed by atoms with Gasteiger partial charge in [0.05, 0.1) is 5.69 Å². The van der Waals surface area contributed by atoms with Gasteiger partial charge < -0.3 is 9.84 Å². The van der Waals surface area contributed by atoms with E-state index in [-0.39, 0.29) is 6.04 Å². The molecule has 0 aliphatic rings. The fourth-order valence-electron chi connectivity index (χ4n) is 2.19. The van der Waals surface area contributed by atoms with Crippen LogP contribution in [0.15, 0.2) is 28.8 Å². The van der Waals surface area contributed by atoms with Crippen LogP contribution in [0.3, 0.4) is 0 Å². The first-order valence-electron chi connectivity index (χ1n) is 6.29. The van der Waals surface area contributed by atoms with Gasteiger partial charge in [0.1, 0.15) is 5.76 Å². The Morgan fingerprint density at radius 3 is 2.39 bits per heavy atom. The van der Waals surface area contributed by atoms with E-state index in [2.05, 4.69) is 48.6 Å². The Balaban J connectivity index is 2.00. The fraction of sp³-hybridized carbons (Fsp3) is 0.400. The maximum absolute atomic E-state index is 5.19. The number of nitrogens with one attached hydrogen (secondary N) is 1. The van der Waals surface area contributed by atoms with Crippen LogP contribution in [0.4, 0.5) is 0 Å². The quantitative estimate of drug-likeness (QED) is 0.895. The number of nitrogens with zero attached hydrogens (tertiary/aromatic N) is 1. The van der Waals surface area contributed by atoms with Gasteiger partial charge in [-0.05, 0) is 33.3 Å². The van der Waals surface area contributed by atoms with Crippen molar-refractivity contribution in [2.24, 2.45) is 0 Å². The topological polar surface area (TPSA) is 38.1 Å². The molecule has 0 fully saturated rings. The van der Waals surface area contributed by atoms with Crippen LogP contribution in [0, 0.1) is 20.8 Å². The zero-order chi connectivity index (χ0) is 13.1. The average Bonchev–Trinajstić information content (AvgIpc) is 2.68. The first-order chi connectivity index (χ1) is 8.58. The third kappa shape index (κ3) is 2.79. The van der Waals surface area contributed by atoms with Gasteiger partial charge in [-0.3, -0.25) is 0 Å². The molecule has 0 radical (unpaired) electrons. The number of hydrogen-bond donors (Lipinski definition) is 1. The molecule has 0 bridgehead atoms. The minimum absolute atomic E-state index is 0.248. The first kappa shape index (κ1) is 12.8. The fourth-order valence-corrected chi connectivity index (χ4v) is 2.19. The van der Waals surface area contributed by atoms with Gasteiger partial charge in [0.15, 0.2) is 0 Å². The number of benzene rings is 1. The molecule has 1 atom stereocenters. The highest BCUT2D eigenvalue weighted by atomic mass is 16.5. The summed E-state index contributed by atoms with van der Waals surface area (Å²) in [6.07, 6.45) is 0. The van der Waals surface area contributed by atoms with Crippen LogP contribution in [0.25, 0.3) is 0 Å². The van der Waals surface area contributed by atoms with Gasteiger partial charge in [-0.25, -0.2) is 0 Å². The third-order valence-corrected chi connectivity index (χ3v) is 3.25. The number of aryl methyl sites for hydroxylation is 3. The normalized spacial score (nSPS) is 12.7. The minimum atomic E-state index is 0.248. The summed E-state index contributed by atoms with van der Waals surface area (Å²) in [5.41, 5.74) is 4.72. The highest BCUT2D eigenvalue weighted by Crippen LogP contribution is 2.21. The summed E-state index contributed by atoms with van der Waals surface area (Å²) >= 11 is 0. The summed E-state index contributed by atoms with van der Waals surface area (Å²) in [5, 5.41) is 7.49. The molecule has 0 saturated carbocycles. The Kier molecular flexibility index (Phi) is 3.82. The number of aromatic nitrogens is 1. The van der Waals surface area contributed by atoms with Gasteiger partial charge in [0, 0.05) is 18.2 Å². The van der Waals surface area contributed by atoms with Gasteiger partial charge in [0.25, 0.3) is 0 Å². The molecule has 18 heavy (non-hydrogen) atoms. The van der Waals surface area contributed by atoms with Crippen molar-refractivity contribution in [1.82, 2.24) is 10.5 Å². The number of rotatable bonds is 4. The molecule has 1 unspecified atom stereocenters. The summed E-state index contributed by atoms with van der Waals surface area (Å²) in [5.74, 6) is 0.899. The van der Waals surface area contributed by atoms with E-state index in [0.29, 0.717) is 0 Å². The van der Waals surface area contributed by atoms with Gasteiger partial charge in [0.2, 0.25) is 0 Å². The lowest BCUT2D eigenvalue weighted by Gasteiger charge is -2.13. The van der Waals surface area contributed by atoms with E-state index in [1.54, 1.807) is 0 Å². The SMILES string of the molecule is Cc1ccc(CNC(C)c2c(C)noc2C)cc1. The average molecular weight is 244 g/mol. The minimum Gasteiger partial charge on any atom is -0.361 e. The van der Waals surface area contributed by atoms with Gasteiger partial charge in [-0.15, -0.1) is 0 Å². The van der Waals surface area contributed by atoms with Crippen LogP contribution in [-0.4, -0.2) is 5.16 Å². The van der Waals surface area contributed by atoms with E-state index in [1.165, 1.54) is 16.7 Å². The molecule has 0 aliphatic carbocycles. The van der Waals surface area contributed by atoms with E-state index >= 15 is 0 Å². The van der Waals surface area contributed by atoms with Crippen LogP contribution in [0.1, 0.15) is 41.1 Å². The predicted octanol–water partition coefficient (Wildman–Crippen LogP) is 3.45. The molecule has 96 valence electrons. The Labute approximate surface area is 108 Å². The maximum atomic E-state index is 5.19. The lowest BCUT2D eigenvalue weighted by molar-refractivity contribution is 0.390. The molecule has 2 aromatic rings. The van der Waals surface area contributed by atoms with Crippen molar-refractivity contribution >= 4 is 0 Å². The molecule has 0 spiro atoms. The molecular weight excluding hydrogens is 224 g/mol. The van der Waals surface area contributed by atoms with Gasteiger partial charge in [-0.2, -0.15) is 0 Å². The molecule has 1 heterocycles. The molecule has 3 heteroatoms. The van der Waals surface area contributed by atoms with Crippen LogP contribution < -0.4 is 5.32 Å². The van der Waals surface area contributed by atoms with E-state index in [9.17, 15) is 0 Å². The zero-order valence-electron chi connectivity index (χ0n) is 11.4. The van der Waals surface area contributed by atoms with Crippen molar-refractivity contribution in [3.05, 3.63) is 52.4 Å². The molecule has 0 saturated heterocycles. The van der Waals surface area contributed by atoms with Crippen molar-refractivity contribution in [2.75, 3.05) is 0 Å². The van der Waals surface area contributed by atoms with E-state index in [4.69, 9.17) is 4.52 Å². The second-order valence-corrected chi connectivity index (χ2v) is 4.83. The smallest absolute Gasteiger partial charge is 0.138 e. The zero-order valence-corrected chi connectivity index (χ0v) is 11.4. The van der Waals surface area contributed by atoms with Gasteiger partial charge >= 0.3 is 0 Å². The second-order valence-electron chi connectivity index (χ2n) is 4.83. The Morgan fingerprint density at radius 2 is 1.83 bits per heavy atom. The van der Waals surface area contributed by atoms with Crippen LogP contribution in [0.5, 0.6) is 0 Å². The molecule has 2 rings (SSSR count). The lowest BCUT2D eigenvalue weighted by atomic mass is 10.1. The summed E-state index contributed by atoms with van der Waals surface area (Å²) in [6, 6.07) is 8.83. The van der Waals surface area contributed by atoms with Crippen molar-refractivity contribution < 1.29 is 4.52 Å². The standard InChI is InChI=1S/C15H20N2O/c1-10-5-7-14(8-6-10)9-16-11(2)15-12(3)17-18-13(15)4/h5-8,11,16H,9H2,1-4H3. The largest absolute Gasteiger partial charge is 0.361 e. The Bertz CT molecular complexity index is 494. The summed E-state index contributed by atoms with van der Waals surface area (Å²) in [6.45, 7) is 9.03. The Morgan fingerprint density at radius 1 is 1.17 bits per heavy atom. The van der Waals surface area contributed by atoms with Crippen molar-refractivity contribution in [3.63, 3.8) is 0 Å². The molecule has 0 amide bonds. The first-order valence-corrected chi connectivity index (χ1v) is 6.29.